The molecule has 0 radical (unpaired) electrons. The predicted molar refractivity (Wildman–Crippen MR) is 59.6 cm³/mol. The van der Waals surface area contributed by atoms with Gasteiger partial charge < -0.3 is 5.11 Å². The highest BCUT2D eigenvalue weighted by molar-refractivity contribution is 5.87. The number of hydrogen-bond acceptors (Lipinski definition) is 2. The summed E-state index contributed by atoms with van der Waals surface area (Å²) in [4.78, 5) is 12.0. The molecule has 86 valence electrons. The molecule has 0 spiro atoms. The summed E-state index contributed by atoms with van der Waals surface area (Å²) in [6, 6.07) is 0. The Kier molecular flexibility index (Phi) is 3.45. The summed E-state index contributed by atoms with van der Waals surface area (Å²) in [5.74, 6) is 0.916. The molecule has 2 rings (SSSR count). The van der Waals surface area contributed by atoms with Gasteiger partial charge in [-0.15, -0.1) is 0 Å². The molecule has 0 bridgehead atoms. The zero-order chi connectivity index (χ0) is 10.7. The van der Waals surface area contributed by atoms with E-state index in [1.807, 2.05) is 0 Å². The molecule has 2 nitrogen and oxygen atoms in total. The van der Waals surface area contributed by atoms with E-state index in [1.54, 1.807) is 0 Å². The fraction of sp³-hybridized carbons (Fsp3) is 0.923. The van der Waals surface area contributed by atoms with Crippen molar-refractivity contribution in [3.63, 3.8) is 0 Å². The molecule has 0 heterocycles. The van der Waals surface area contributed by atoms with Crippen molar-refractivity contribution in [2.75, 3.05) is 0 Å². The van der Waals surface area contributed by atoms with Crippen LogP contribution in [0.4, 0.5) is 0 Å². The van der Waals surface area contributed by atoms with E-state index >= 15 is 0 Å². The Balaban J connectivity index is 1.83. The molecule has 0 aromatic heterocycles. The van der Waals surface area contributed by atoms with Crippen molar-refractivity contribution in [3.8, 4) is 0 Å². The molecule has 2 saturated carbocycles. The number of hydrogen-bond donors (Lipinski definition) is 1. The number of Topliss-reactive ketones (excluding diaryl/α,β-unsaturated/α-hetero) is 1. The van der Waals surface area contributed by atoms with Gasteiger partial charge in [0, 0.05) is 6.42 Å². The highest BCUT2D eigenvalue weighted by Gasteiger charge is 2.36. The van der Waals surface area contributed by atoms with Gasteiger partial charge in [-0.1, -0.05) is 38.5 Å². The molecule has 0 aliphatic heterocycles. The first-order valence-corrected chi connectivity index (χ1v) is 6.46. The lowest BCUT2D eigenvalue weighted by Gasteiger charge is -2.24. The Hall–Kier alpha value is -0.370. The summed E-state index contributed by atoms with van der Waals surface area (Å²) in [6.45, 7) is 0. The number of rotatable bonds is 4. The van der Waals surface area contributed by atoms with Gasteiger partial charge in [-0.3, -0.25) is 4.79 Å². The number of carbonyl (C=O) groups excluding carboxylic acids is 1. The zero-order valence-electron chi connectivity index (χ0n) is 9.50. The van der Waals surface area contributed by atoms with Crippen LogP contribution in [0.3, 0.4) is 0 Å². The quantitative estimate of drug-likeness (QED) is 0.724. The largest absolute Gasteiger partial charge is 0.382 e. The Morgan fingerprint density at radius 2 is 1.73 bits per heavy atom. The summed E-state index contributed by atoms with van der Waals surface area (Å²) >= 11 is 0. The molecule has 0 aromatic carbocycles. The molecular weight excluding hydrogens is 188 g/mol. The first-order valence-electron chi connectivity index (χ1n) is 6.46. The van der Waals surface area contributed by atoms with Gasteiger partial charge >= 0.3 is 0 Å². The van der Waals surface area contributed by atoms with Crippen molar-refractivity contribution < 1.29 is 9.90 Å². The average Bonchev–Trinajstić information content (AvgIpc) is 3.02. The third kappa shape index (κ3) is 3.04. The molecular formula is C13H22O2. The van der Waals surface area contributed by atoms with Crippen LogP contribution >= 0.6 is 0 Å². The topological polar surface area (TPSA) is 37.3 Å². The van der Waals surface area contributed by atoms with Crippen molar-refractivity contribution in [1.29, 1.82) is 0 Å². The van der Waals surface area contributed by atoms with Crippen LogP contribution in [-0.2, 0) is 4.79 Å². The number of carbonyl (C=O) groups is 1. The highest BCUT2D eigenvalue weighted by Crippen LogP contribution is 2.35. The summed E-state index contributed by atoms with van der Waals surface area (Å²) < 4.78 is 0. The van der Waals surface area contributed by atoms with Crippen LogP contribution in [0.15, 0.2) is 0 Å². The van der Waals surface area contributed by atoms with E-state index < -0.39 is 5.60 Å². The van der Waals surface area contributed by atoms with E-state index in [4.69, 9.17) is 0 Å². The number of aliphatic hydroxyl groups is 1. The molecule has 0 saturated heterocycles. The molecule has 0 atom stereocenters. The van der Waals surface area contributed by atoms with Crippen molar-refractivity contribution in [3.05, 3.63) is 0 Å². The standard InChI is InChI=1S/C13H22O2/c14-12(8-7-11-5-6-11)13(15)9-3-1-2-4-10-13/h11,15H,1-10H2. The molecule has 2 heteroatoms. The molecule has 2 fully saturated rings. The maximum absolute atomic E-state index is 12.0. The summed E-state index contributed by atoms with van der Waals surface area (Å²) in [5, 5.41) is 10.3. The van der Waals surface area contributed by atoms with E-state index in [9.17, 15) is 9.90 Å². The fourth-order valence-corrected chi connectivity index (χ4v) is 2.57. The average molecular weight is 210 g/mol. The molecule has 2 aliphatic carbocycles. The van der Waals surface area contributed by atoms with Crippen LogP contribution < -0.4 is 0 Å². The molecule has 0 unspecified atom stereocenters. The van der Waals surface area contributed by atoms with Crippen LogP contribution in [0.1, 0.15) is 64.2 Å². The van der Waals surface area contributed by atoms with Crippen LogP contribution in [0.2, 0.25) is 0 Å². The third-order valence-electron chi connectivity index (χ3n) is 3.93. The Morgan fingerprint density at radius 1 is 1.13 bits per heavy atom. The van der Waals surface area contributed by atoms with Gasteiger partial charge in [0.2, 0.25) is 0 Å². The minimum Gasteiger partial charge on any atom is -0.382 e. The third-order valence-corrected chi connectivity index (χ3v) is 3.93. The van der Waals surface area contributed by atoms with Gasteiger partial charge in [0.15, 0.2) is 5.78 Å². The second-order valence-electron chi connectivity index (χ2n) is 5.35. The Labute approximate surface area is 92.1 Å². The molecule has 0 aromatic rings. The van der Waals surface area contributed by atoms with Gasteiger partial charge in [0.25, 0.3) is 0 Å². The molecule has 2 aliphatic rings. The van der Waals surface area contributed by atoms with Crippen molar-refractivity contribution >= 4 is 5.78 Å². The van der Waals surface area contributed by atoms with Gasteiger partial charge in [-0.2, -0.15) is 0 Å². The van der Waals surface area contributed by atoms with E-state index in [0.29, 0.717) is 19.3 Å². The van der Waals surface area contributed by atoms with Crippen LogP contribution in [-0.4, -0.2) is 16.5 Å². The first kappa shape index (κ1) is 11.1. The maximum Gasteiger partial charge on any atom is 0.164 e. The molecule has 15 heavy (non-hydrogen) atoms. The fourth-order valence-electron chi connectivity index (χ4n) is 2.57. The Bertz CT molecular complexity index is 223. The van der Waals surface area contributed by atoms with Crippen molar-refractivity contribution in [2.45, 2.75) is 69.8 Å². The lowest BCUT2D eigenvalue weighted by Crippen LogP contribution is -2.37. The summed E-state index contributed by atoms with van der Waals surface area (Å²) in [6.07, 6.45) is 10.0. The van der Waals surface area contributed by atoms with E-state index in [-0.39, 0.29) is 5.78 Å². The van der Waals surface area contributed by atoms with Crippen molar-refractivity contribution in [1.82, 2.24) is 0 Å². The van der Waals surface area contributed by atoms with E-state index in [1.165, 1.54) is 25.7 Å². The highest BCUT2D eigenvalue weighted by atomic mass is 16.3. The monoisotopic (exact) mass is 210 g/mol. The lowest BCUT2D eigenvalue weighted by molar-refractivity contribution is -0.138. The smallest absolute Gasteiger partial charge is 0.164 e. The van der Waals surface area contributed by atoms with E-state index in [0.717, 1.165) is 25.2 Å². The van der Waals surface area contributed by atoms with Crippen LogP contribution in [0, 0.1) is 5.92 Å². The predicted octanol–water partition coefficient (Wildman–Crippen LogP) is 2.83. The molecule has 1 N–H and O–H groups in total. The minimum atomic E-state index is -0.953. The number of ketones is 1. The minimum absolute atomic E-state index is 0.122. The van der Waals surface area contributed by atoms with Gasteiger partial charge in [-0.25, -0.2) is 0 Å². The second-order valence-corrected chi connectivity index (χ2v) is 5.35. The summed E-state index contributed by atoms with van der Waals surface area (Å²) in [5.41, 5.74) is -0.953. The Morgan fingerprint density at radius 3 is 2.27 bits per heavy atom. The van der Waals surface area contributed by atoms with Gasteiger partial charge in [-0.05, 0) is 25.2 Å². The maximum atomic E-state index is 12.0. The SMILES string of the molecule is O=C(CCC1CC1)C1(O)CCCCCC1. The van der Waals surface area contributed by atoms with Crippen LogP contribution in [0.25, 0.3) is 0 Å². The first-order chi connectivity index (χ1) is 7.21. The summed E-state index contributed by atoms with van der Waals surface area (Å²) in [7, 11) is 0. The normalized spacial score (nSPS) is 25.9. The van der Waals surface area contributed by atoms with Gasteiger partial charge in [0.1, 0.15) is 5.60 Å². The van der Waals surface area contributed by atoms with Gasteiger partial charge in [0.05, 0.1) is 0 Å². The zero-order valence-corrected chi connectivity index (χ0v) is 9.50. The van der Waals surface area contributed by atoms with Crippen LogP contribution in [0.5, 0.6) is 0 Å². The lowest BCUT2D eigenvalue weighted by atomic mass is 9.87. The second kappa shape index (κ2) is 4.65. The van der Waals surface area contributed by atoms with Crippen molar-refractivity contribution in [2.24, 2.45) is 5.92 Å². The molecule has 0 amide bonds. The van der Waals surface area contributed by atoms with E-state index in [2.05, 4.69) is 0 Å².